The number of ether oxygens (including phenoxy) is 1. The van der Waals surface area contributed by atoms with Crippen molar-refractivity contribution in [3.05, 3.63) is 69.1 Å². The number of carbonyl (C=O) groups excluding carboxylic acids is 2. The molecule has 3 rings (SSSR count). The molecule has 0 radical (unpaired) electrons. The molecule has 0 fully saturated rings. The smallest absolute Gasteiger partial charge is 0.348 e. The van der Waals surface area contributed by atoms with Crippen LogP contribution in [0.2, 0.25) is 0 Å². The first-order valence-corrected chi connectivity index (χ1v) is 8.56. The van der Waals surface area contributed by atoms with Crippen LogP contribution in [0, 0.1) is 10.1 Å². The average Bonchev–Trinajstić information content (AvgIpc) is 3.05. The first-order chi connectivity index (χ1) is 12.5. The van der Waals surface area contributed by atoms with Gasteiger partial charge in [-0.05, 0) is 42.6 Å². The highest BCUT2D eigenvalue weighted by Gasteiger charge is 2.19. The average molecular weight is 370 g/mol. The number of hydrogen-bond acceptors (Lipinski definition) is 6. The number of amides is 1. The van der Waals surface area contributed by atoms with Gasteiger partial charge in [-0.2, -0.15) is 0 Å². The van der Waals surface area contributed by atoms with Crippen LogP contribution in [0.1, 0.15) is 27.0 Å². The molecular weight excluding hydrogens is 356 g/mol. The van der Waals surface area contributed by atoms with E-state index in [1.54, 1.807) is 37.3 Å². The molecule has 1 aromatic heterocycles. The Bertz CT molecular complexity index is 1010. The van der Waals surface area contributed by atoms with Crippen molar-refractivity contribution in [3.8, 4) is 0 Å². The number of nitro benzene ring substituents is 1. The van der Waals surface area contributed by atoms with Crippen LogP contribution in [0.15, 0.2) is 48.5 Å². The molecule has 1 amide bonds. The third-order valence-corrected chi connectivity index (χ3v) is 4.69. The Balaban J connectivity index is 1.86. The van der Waals surface area contributed by atoms with Gasteiger partial charge in [0.1, 0.15) is 10.4 Å². The molecule has 0 bridgehead atoms. The minimum Gasteiger partial charge on any atom is -0.462 e. The molecule has 3 aromatic rings. The number of esters is 1. The number of benzene rings is 2. The minimum atomic E-state index is -0.595. The van der Waals surface area contributed by atoms with Crippen molar-refractivity contribution in [2.24, 2.45) is 0 Å². The van der Waals surface area contributed by atoms with Gasteiger partial charge in [0, 0.05) is 16.5 Å². The number of carbonyl (C=O) groups is 2. The summed E-state index contributed by atoms with van der Waals surface area (Å²) < 4.78 is 5.86. The normalized spacial score (nSPS) is 10.5. The van der Waals surface area contributed by atoms with E-state index in [2.05, 4.69) is 5.32 Å². The maximum Gasteiger partial charge on any atom is 0.348 e. The van der Waals surface area contributed by atoms with E-state index in [9.17, 15) is 19.7 Å². The Morgan fingerprint density at radius 2 is 1.96 bits per heavy atom. The van der Waals surface area contributed by atoms with Crippen molar-refractivity contribution in [1.29, 1.82) is 0 Å². The molecule has 0 atom stereocenters. The van der Waals surface area contributed by atoms with Crippen molar-refractivity contribution in [1.82, 2.24) is 0 Å². The van der Waals surface area contributed by atoms with Gasteiger partial charge in [0.25, 0.3) is 11.6 Å². The van der Waals surface area contributed by atoms with Crippen molar-refractivity contribution >= 4 is 44.7 Å². The van der Waals surface area contributed by atoms with Gasteiger partial charge in [0.15, 0.2) is 0 Å². The summed E-state index contributed by atoms with van der Waals surface area (Å²) in [5.41, 5.74) is 0.204. The van der Waals surface area contributed by atoms with E-state index in [1.165, 1.54) is 29.5 Å². The van der Waals surface area contributed by atoms with Gasteiger partial charge in [-0.15, -0.1) is 11.3 Å². The highest BCUT2D eigenvalue weighted by atomic mass is 32.1. The van der Waals surface area contributed by atoms with Gasteiger partial charge in [-0.25, -0.2) is 4.79 Å². The van der Waals surface area contributed by atoms with Crippen LogP contribution in [-0.4, -0.2) is 23.4 Å². The standard InChI is InChI=1S/C18H14N2O5S/c1-2-25-18(22)16-10-11-9-12(7-8-15(11)26-16)19-17(21)13-5-3-4-6-14(13)20(23)24/h3-10H,2H2,1H3,(H,19,21). The molecule has 0 saturated heterocycles. The number of fused-ring (bicyclic) bond motifs is 1. The second-order valence-corrected chi connectivity index (χ2v) is 6.40. The second kappa shape index (κ2) is 7.32. The number of nitrogens with zero attached hydrogens (tertiary/aromatic N) is 1. The minimum absolute atomic E-state index is 0.0184. The van der Waals surface area contributed by atoms with Crippen LogP contribution in [0.4, 0.5) is 11.4 Å². The summed E-state index contributed by atoms with van der Waals surface area (Å²) in [6.45, 7) is 2.03. The Kier molecular flexibility index (Phi) is 4.94. The molecule has 0 spiro atoms. The van der Waals surface area contributed by atoms with E-state index in [0.717, 1.165) is 10.1 Å². The lowest BCUT2D eigenvalue weighted by Crippen LogP contribution is -2.13. The van der Waals surface area contributed by atoms with Crippen molar-refractivity contribution < 1.29 is 19.2 Å². The topological polar surface area (TPSA) is 98.5 Å². The van der Waals surface area contributed by atoms with E-state index < -0.39 is 10.8 Å². The van der Waals surface area contributed by atoms with Crippen LogP contribution >= 0.6 is 11.3 Å². The summed E-state index contributed by atoms with van der Waals surface area (Å²) >= 11 is 1.30. The van der Waals surface area contributed by atoms with Gasteiger partial charge in [0.05, 0.1) is 11.5 Å². The number of nitro groups is 1. The maximum absolute atomic E-state index is 12.4. The summed E-state index contributed by atoms with van der Waals surface area (Å²) in [7, 11) is 0. The van der Waals surface area contributed by atoms with Crippen LogP contribution < -0.4 is 5.32 Å². The number of anilines is 1. The Morgan fingerprint density at radius 3 is 2.69 bits per heavy atom. The molecule has 7 nitrogen and oxygen atoms in total. The summed E-state index contributed by atoms with van der Waals surface area (Å²) in [4.78, 5) is 35.1. The summed E-state index contributed by atoms with van der Waals surface area (Å²) in [6.07, 6.45) is 0. The number of hydrogen-bond donors (Lipinski definition) is 1. The van der Waals surface area contributed by atoms with Crippen LogP contribution in [0.3, 0.4) is 0 Å². The molecule has 8 heteroatoms. The molecule has 132 valence electrons. The SMILES string of the molecule is CCOC(=O)c1cc2cc(NC(=O)c3ccccc3[N+](=O)[O-])ccc2s1. The number of rotatable bonds is 5. The molecule has 0 aliphatic rings. The summed E-state index contributed by atoms with van der Waals surface area (Å²) in [6, 6.07) is 12.6. The third-order valence-electron chi connectivity index (χ3n) is 3.60. The van der Waals surface area contributed by atoms with E-state index >= 15 is 0 Å². The zero-order chi connectivity index (χ0) is 18.7. The molecule has 0 unspecified atom stereocenters. The van der Waals surface area contributed by atoms with Crippen LogP contribution in [-0.2, 0) is 4.74 Å². The first kappa shape index (κ1) is 17.6. The van der Waals surface area contributed by atoms with Gasteiger partial charge < -0.3 is 10.1 Å². The largest absolute Gasteiger partial charge is 0.462 e. The quantitative estimate of drug-likeness (QED) is 0.411. The zero-order valence-electron chi connectivity index (χ0n) is 13.7. The lowest BCUT2D eigenvalue weighted by molar-refractivity contribution is -0.385. The molecule has 26 heavy (non-hydrogen) atoms. The molecule has 0 aliphatic heterocycles. The monoisotopic (exact) mass is 370 g/mol. The Hall–Kier alpha value is -3.26. The van der Waals surface area contributed by atoms with E-state index in [1.807, 2.05) is 0 Å². The number of nitrogens with one attached hydrogen (secondary N) is 1. The van der Waals surface area contributed by atoms with E-state index in [4.69, 9.17) is 4.74 Å². The molecule has 0 aliphatic carbocycles. The highest BCUT2D eigenvalue weighted by molar-refractivity contribution is 7.20. The maximum atomic E-state index is 12.4. The van der Waals surface area contributed by atoms with Crippen LogP contribution in [0.25, 0.3) is 10.1 Å². The van der Waals surface area contributed by atoms with Gasteiger partial charge in [-0.3, -0.25) is 14.9 Å². The molecule has 0 saturated carbocycles. The fraction of sp³-hybridized carbons (Fsp3) is 0.111. The molecule has 1 N–H and O–H groups in total. The lowest BCUT2D eigenvalue weighted by atomic mass is 10.1. The molecular formula is C18H14N2O5S. The third kappa shape index (κ3) is 3.55. The van der Waals surface area contributed by atoms with Crippen molar-refractivity contribution in [2.45, 2.75) is 6.92 Å². The number of para-hydroxylation sites is 1. The molecule has 1 heterocycles. The molecule has 2 aromatic carbocycles. The van der Waals surface area contributed by atoms with Crippen molar-refractivity contribution in [3.63, 3.8) is 0 Å². The van der Waals surface area contributed by atoms with E-state index in [0.29, 0.717) is 17.2 Å². The number of thiophene rings is 1. The summed E-state index contributed by atoms with van der Waals surface area (Å²) in [5, 5.41) is 14.5. The first-order valence-electron chi connectivity index (χ1n) is 7.75. The van der Waals surface area contributed by atoms with Gasteiger partial charge in [-0.1, -0.05) is 12.1 Å². The van der Waals surface area contributed by atoms with E-state index in [-0.39, 0.29) is 17.2 Å². The second-order valence-electron chi connectivity index (χ2n) is 5.31. The van der Waals surface area contributed by atoms with Crippen LogP contribution in [0.5, 0.6) is 0 Å². The predicted molar refractivity (Wildman–Crippen MR) is 98.8 cm³/mol. The fourth-order valence-corrected chi connectivity index (χ4v) is 3.38. The fourth-order valence-electron chi connectivity index (χ4n) is 2.45. The Morgan fingerprint density at radius 1 is 1.19 bits per heavy atom. The Labute approximate surface area is 152 Å². The van der Waals surface area contributed by atoms with Gasteiger partial charge >= 0.3 is 5.97 Å². The summed E-state index contributed by atoms with van der Waals surface area (Å²) in [5.74, 6) is -0.961. The van der Waals surface area contributed by atoms with Crippen molar-refractivity contribution in [2.75, 3.05) is 11.9 Å². The zero-order valence-corrected chi connectivity index (χ0v) is 14.5. The highest BCUT2D eigenvalue weighted by Crippen LogP contribution is 2.29. The van der Waals surface area contributed by atoms with Gasteiger partial charge in [0.2, 0.25) is 0 Å². The predicted octanol–water partition coefficient (Wildman–Crippen LogP) is 4.24. The lowest BCUT2D eigenvalue weighted by Gasteiger charge is -2.06.